The monoisotopic (exact) mass is 1020 g/mol. The van der Waals surface area contributed by atoms with Gasteiger partial charge in [0.1, 0.15) is 0 Å². The molecule has 5 rings (SSSR count). The van der Waals surface area contributed by atoms with Gasteiger partial charge in [0.15, 0.2) is 11.6 Å². The number of ketones is 2. The molecule has 354 valence electrons. The fourth-order valence-corrected chi connectivity index (χ4v) is 7.01. The Kier molecular flexibility index (Phi) is 16.5. The number of Topliss-reactive ketones (excluding diaryl/α,β-unsaturated/α-hetero) is 2. The lowest BCUT2D eigenvalue weighted by atomic mass is 10.0. The van der Waals surface area contributed by atoms with Gasteiger partial charge in [-0.15, -0.1) is 0 Å². The number of azo groups is 2. The predicted octanol–water partition coefficient (Wildman–Crippen LogP) is 12.8. The van der Waals surface area contributed by atoms with Crippen LogP contribution in [0.3, 0.4) is 0 Å². The number of halogens is 10. The van der Waals surface area contributed by atoms with E-state index in [1.807, 2.05) is 0 Å². The number of nitrogens with one attached hydrogen (secondary N) is 4. The van der Waals surface area contributed by atoms with Crippen molar-refractivity contribution in [2.75, 3.05) is 21.3 Å². The smallest absolute Gasteiger partial charge is 0.324 e. The summed E-state index contributed by atoms with van der Waals surface area (Å²) < 4.78 is 80.0. The second-order valence-electron chi connectivity index (χ2n) is 14.5. The van der Waals surface area contributed by atoms with E-state index < -0.39 is 80.8 Å². The van der Waals surface area contributed by atoms with Crippen molar-refractivity contribution in [3.05, 3.63) is 138 Å². The molecule has 5 aromatic rings. The van der Waals surface area contributed by atoms with E-state index in [1.54, 1.807) is 13.8 Å². The summed E-state index contributed by atoms with van der Waals surface area (Å²) in [5, 5.41) is 23.6. The van der Waals surface area contributed by atoms with Crippen LogP contribution in [-0.2, 0) is 31.5 Å². The molecule has 0 aromatic heterocycles. The molecule has 2 unspecified atom stereocenters. The zero-order chi connectivity index (χ0) is 50.4. The standard InChI is InChI=1S/C44H32Cl4F6N8O6/c1-19-20(2)32(56-42(68)38(22(4)64)62-60-28-16-24(14-26(46)18-28)40(66)58-34-10-6-8-30(36(34)48)44(52,53)54)12-11-31(19)55-41(67)37(21(3)63)61-59-27-15-23(13-25(45)17-27)39(65)57-33-9-5-7-29(35(33)47)43(49,50)51/h5-18,37-38H,1-4H3,(H,55,67)(H,56,68)(H,57,65)(H,58,66). The third-order valence-corrected chi connectivity index (χ3v) is 10.8. The van der Waals surface area contributed by atoms with Crippen LogP contribution in [0.15, 0.2) is 105 Å². The number of nitrogens with zero attached hydrogens (tertiary/aromatic N) is 4. The molecule has 0 aliphatic rings. The van der Waals surface area contributed by atoms with E-state index in [9.17, 15) is 55.1 Å². The Morgan fingerprint density at radius 1 is 0.500 bits per heavy atom. The summed E-state index contributed by atoms with van der Waals surface area (Å²) in [5.41, 5.74) is -2.40. The number of anilines is 4. The molecule has 0 heterocycles. The van der Waals surface area contributed by atoms with Gasteiger partial charge in [-0.05, 0) is 112 Å². The first-order chi connectivity index (χ1) is 31.7. The lowest BCUT2D eigenvalue weighted by Gasteiger charge is -2.17. The molecule has 0 spiro atoms. The minimum Gasteiger partial charge on any atom is -0.324 e. The van der Waals surface area contributed by atoms with Gasteiger partial charge in [0.05, 0.1) is 43.9 Å². The fraction of sp³-hybridized carbons (Fsp3) is 0.182. The fourth-order valence-electron chi connectivity index (χ4n) is 5.99. The number of carbonyl (C=O) groups is 6. The first-order valence-corrected chi connectivity index (χ1v) is 20.8. The third kappa shape index (κ3) is 13.0. The molecule has 2 atom stereocenters. The summed E-state index contributed by atoms with van der Waals surface area (Å²) >= 11 is 24.1. The van der Waals surface area contributed by atoms with Crippen LogP contribution in [-0.4, -0.2) is 47.3 Å². The number of amides is 4. The minimum atomic E-state index is -4.79. The van der Waals surface area contributed by atoms with Crippen molar-refractivity contribution >= 4 is 116 Å². The molecule has 0 aliphatic heterocycles. The lowest BCUT2D eigenvalue weighted by molar-refractivity contribution is -0.138. The molecule has 0 radical (unpaired) electrons. The van der Waals surface area contributed by atoms with Crippen LogP contribution in [0.5, 0.6) is 0 Å². The Bertz CT molecular complexity index is 2740. The molecule has 4 amide bonds. The summed E-state index contributed by atoms with van der Waals surface area (Å²) in [6.07, 6.45) is -9.58. The first kappa shape index (κ1) is 52.2. The molecule has 5 aromatic carbocycles. The molecule has 0 fully saturated rings. The summed E-state index contributed by atoms with van der Waals surface area (Å²) in [5.74, 6) is -5.18. The highest BCUT2D eigenvalue weighted by atomic mass is 35.5. The van der Waals surface area contributed by atoms with Crippen molar-refractivity contribution in [1.82, 2.24) is 0 Å². The Morgan fingerprint density at radius 2 is 0.853 bits per heavy atom. The summed E-state index contributed by atoms with van der Waals surface area (Å²) in [6, 6.07) is 12.4. The van der Waals surface area contributed by atoms with Gasteiger partial charge in [-0.25, -0.2) is 0 Å². The van der Waals surface area contributed by atoms with Crippen molar-refractivity contribution in [3.8, 4) is 0 Å². The van der Waals surface area contributed by atoms with Crippen molar-refractivity contribution in [2.45, 2.75) is 52.1 Å². The van der Waals surface area contributed by atoms with Gasteiger partial charge < -0.3 is 21.3 Å². The highest BCUT2D eigenvalue weighted by Gasteiger charge is 2.35. The molecule has 0 bridgehead atoms. The summed E-state index contributed by atoms with van der Waals surface area (Å²) in [6.45, 7) is 5.29. The number of rotatable bonds is 14. The van der Waals surface area contributed by atoms with Crippen LogP contribution < -0.4 is 21.3 Å². The molecule has 68 heavy (non-hydrogen) atoms. The van der Waals surface area contributed by atoms with Gasteiger partial charge in [0, 0.05) is 32.5 Å². The average molecular weight is 1020 g/mol. The van der Waals surface area contributed by atoms with E-state index in [0.717, 1.165) is 62.4 Å². The SMILES string of the molecule is CC(=O)C(N=Nc1cc(Cl)cc(C(=O)Nc2cccc(C(F)(F)F)c2Cl)c1)C(=O)Nc1ccc(NC(=O)C(N=Nc2cc(Cl)cc(C(=O)Nc3cccc(C(F)(F)F)c3Cl)c2)C(C)=O)c(C)c1C. The molecule has 14 nitrogen and oxygen atoms in total. The average Bonchev–Trinajstić information content (AvgIpc) is 3.23. The zero-order valence-corrected chi connectivity index (χ0v) is 38.3. The van der Waals surface area contributed by atoms with Gasteiger partial charge in [0.25, 0.3) is 23.6 Å². The Morgan fingerprint density at radius 3 is 1.18 bits per heavy atom. The third-order valence-electron chi connectivity index (χ3n) is 9.54. The van der Waals surface area contributed by atoms with Gasteiger partial charge >= 0.3 is 12.4 Å². The van der Waals surface area contributed by atoms with E-state index in [0.29, 0.717) is 11.1 Å². The molecule has 0 aliphatic carbocycles. The Balaban J connectivity index is 1.27. The van der Waals surface area contributed by atoms with Crippen molar-refractivity contribution < 1.29 is 55.1 Å². The van der Waals surface area contributed by atoms with Crippen molar-refractivity contribution in [3.63, 3.8) is 0 Å². The first-order valence-electron chi connectivity index (χ1n) is 19.2. The van der Waals surface area contributed by atoms with Crippen LogP contribution in [0.25, 0.3) is 0 Å². The molecule has 4 N–H and O–H groups in total. The van der Waals surface area contributed by atoms with E-state index in [1.165, 1.54) is 36.4 Å². The normalized spacial score (nSPS) is 12.7. The van der Waals surface area contributed by atoms with E-state index in [-0.39, 0.29) is 55.3 Å². The van der Waals surface area contributed by atoms with Crippen LogP contribution in [0.2, 0.25) is 20.1 Å². The van der Waals surface area contributed by atoms with Crippen LogP contribution >= 0.6 is 46.4 Å². The largest absolute Gasteiger partial charge is 0.417 e. The topological polar surface area (TPSA) is 200 Å². The van der Waals surface area contributed by atoms with Gasteiger partial charge in [-0.1, -0.05) is 58.5 Å². The van der Waals surface area contributed by atoms with E-state index in [2.05, 4.69) is 41.7 Å². The number of hydrogen-bond acceptors (Lipinski definition) is 10. The maximum atomic E-state index is 13.4. The predicted molar refractivity (Wildman–Crippen MR) is 243 cm³/mol. The highest BCUT2D eigenvalue weighted by Crippen LogP contribution is 2.40. The highest BCUT2D eigenvalue weighted by molar-refractivity contribution is 6.35. The Hall–Kier alpha value is -6.74. The molecule has 0 saturated heterocycles. The molecular formula is C44H32Cl4F6N8O6. The minimum absolute atomic E-state index is 0.0497. The van der Waals surface area contributed by atoms with E-state index in [4.69, 9.17) is 46.4 Å². The number of alkyl halides is 6. The maximum absolute atomic E-state index is 13.4. The molecule has 24 heteroatoms. The van der Waals surface area contributed by atoms with E-state index >= 15 is 0 Å². The number of carbonyl (C=O) groups excluding carboxylic acids is 6. The van der Waals surface area contributed by atoms with Crippen LogP contribution in [0.4, 0.5) is 60.5 Å². The van der Waals surface area contributed by atoms with Crippen molar-refractivity contribution in [1.29, 1.82) is 0 Å². The molecular weight excluding hydrogens is 992 g/mol. The summed E-state index contributed by atoms with van der Waals surface area (Å²) in [7, 11) is 0. The summed E-state index contributed by atoms with van der Waals surface area (Å²) in [4.78, 5) is 78.0. The maximum Gasteiger partial charge on any atom is 0.417 e. The number of hydrogen-bond donors (Lipinski definition) is 4. The van der Waals surface area contributed by atoms with Crippen LogP contribution in [0, 0.1) is 13.8 Å². The Labute approximate surface area is 401 Å². The zero-order valence-electron chi connectivity index (χ0n) is 35.3. The molecule has 0 saturated carbocycles. The van der Waals surface area contributed by atoms with Crippen molar-refractivity contribution in [2.24, 2.45) is 20.5 Å². The van der Waals surface area contributed by atoms with Crippen LogP contribution in [0.1, 0.15) is 56.8 Å². The quantitative estimate of drug-likeness (QED) is 0.0484. The van der Waals surface area contributed by atoms with Gasteiger partial charge in [-0.3, -0.25) is 28.8 Å². The van der Waals surface area contributed by atoms with Gasteiger partial charge in [-0.2, -0.15) is 46.8 Å². The second kappa shape index (κ2) is 21.5. The van der Waals surface area contributed by atoms with Gasteiger partial charge in [0.2, 0.25) is 12.1 Å². The lowest BCUT2D eigenvalue weighted by Crippen LogP contribution is -2.33. The number of benzene rings is 5. The second-order valence-corrected chi connectivity index (χ2v) is 16.1.